The monoisotopic (exact) mass is 322 g/mol. The van der Waals surface area contributed by atoms with Crippen molar-refractivity contribution in [3.63, 3.8) is 0 Å². The summed E-state index contributed by atoms with van der Waals surface area (Å²) in [6.07, 6.45) is -2.75. The number of amides is 2. The van der Waals surface area contributed by atoms with Gasteiger partial charge < -0.3 is 15.7 Å². The summed E-state index contributed by atoms with van der Waals surface area (Å²) in [6, 6.07) is 3.90. The molecule has 1 atom stereocenters. The molecule has 1 unspecified atom stereocenters. The van der Waals surface area contributed by atoms with Crippen molar-refractivity contribution in [3.05, 3.63) is 29.8 Å². The zero-order valence-electron chi connectivity index (χ0n) is 11.6. The van der Waals surface area contributed by atoms with Gasteiger partial charge in [-0.25, -0.2) is 4.79 Å². The van der Waals surface area contributed by atoms with Crippen molar-refractivity contribution >= 4 is 23.5 Å². The van der Waals surface area contributed by atoms with Gasteiger partial charge in [0.05, 0.1) is 16.9 Å². The minimum Gasteiger partial charge on any atom is -0.387 e. The first-order valence-corrected chi connectivity index (χ1v) is 7.47. The van der Waals surface area contributed by atoms with Crippen molar-refractivity contribution in [3.8, 4) is 0 Å². The highest BCUT2D eigenvalue weighted by Crippen LogP contribution is 2.34. The Morgan fingerprint density at radius 1 is 1.33 bits per heavy atom. The molecular weight excluding hydrogens is 305 g/mol. The highest BCUT2D eigenvalue weighted by Gasteiger charge is 2.33. The van der Waals surface area contributed by atoms with Crippen LogP contribution in [0.5, 0.6) is 0 Å². The molecule has 4 nitrogen and oxygen atoms in total. The van der Waals surface area contributed by atoms with E-state index in [0.717, 1.165) is 6.07 Å². The Balaban J connectivity index is 2.68. The number of hydrogen-bond acceptors (Lipinski definition) is 3. The van der Waals surface area contributed by atoms with Crippen LogP contribution in [0.2, 0.25) is 0 Å². The number of nitrogens with one attached hydrogen (secondary N) is 2. The fourth-order valence-corrected chi connectivity index (χ4v) is 2.36. The van der Waals surface area contributed by atoms with Crippen molar-refractivity contribution < 1.29 is 23.1 Å². The SMILES string of the molecule is CSCC(C)(O)CNC(=O)Nc1ccccc1C(F)(F)F. The minimum absolute atomic E-state index is 0.0616. The first-order chi connectivity index (χ1) is 9.65. The summed E-state index contributed by atoms with van der Waals surface area (Å²) in [5.41, 5.74) is -2.37. The van der Waals surface area contributed by atoms with Gasteiger partial charge in [0.2, 0.25) is 0 Å². The Kier molecular flexibility index (Phi) is 5.91. The predicted molar refractivity (Wildman–Crippen MR) is 77.5 cm³/mol. The van der Waals surface area contributed by atoms with Crippen LogP contribution in [0.3, 0.4) is 0 Å². The van der Waals surface area contributed by atoms with E-state index in [9.17, 15) is 23.1 Å². The van der Waals surface area contributed by atoms with Crippen LogP contribution in [-0.4, -0.2) is 35.3 Å². The Hall–Kier alpha value is -1.41. The molecule has 21 heavy (non-hydrogen) atoms. The number of urea groups is 1. The predicted octanol–water partition coefficient (Wildman–Crippen LogP) is 2.94. The summed E-state index contributed by atoms with van der Waals surface area (Å²) in [6.45, 7) is 1.47. The molecule has 0 fully saturated rings. The third kappa shape index (κ3) is 5.84. The van der Waals surface area contributed by atoms with Crippen molar-refractivity contribution in [2.45, 2.75) is 18.7 Å². The topological polar surface area (TPSA) is 61.4 Å². The van der Waals surface area contributed by atoms with Crippen LogP contribution in [0.1, 0.15) is 12.5 Å². The lowest BCUT2D eigenvalue weighted by Crippen LogP contribution is -2.44. The van der Waals surface area contributed by atoms with Gasteiger partial charge in [-0.2, -0.15) is 24.9 Å². The van der Waals surface area contributed by atoms with Crippen LogP contribution in [0.25, 0.3) is 0 Å². The number of para-hydroxylation sites is 1. The lowest BCUT2D eigenvalue weighted by Gasteiger charge is -2.22. The van der Waals surface area contributed by atoms with Crippen LogP contribution < -0.4 is 10.6 Å². The van der Waals surface area contributed by atoms with Gasteiger partial charge in [-0.1, -0.05) is 12.1 Å². The van der Waals surface area contributed by atoms with E-state index in [1.54, 1.807) is 6.26 Å². The van der Waals surface area contributed by atoms with Gasteiger partial charge in [-0.05, 0) is 25.3 Å². The summed E-state index contributed by atoms with van der Waals surface area (Å²) < 4.78 is 38.3. The molecule has 0 aliphatic heterocycles. The maximum Gasteiger partial charge on any atom is 0.418 e. The number of anilines is 1. The molecule has 8 heteroatoms. The number of halogens is 3. The third-order valence-corrected chi connectivity index (χ3v) is 3.48. The van der Waals surface area contributed by atoms with E-state index in [0.29, 0.717) is 5.75 Å². The minimum atomic E-state index is -4.55. The standard InChI is InChI=1S/C13H17F3N2O2S/c1-12(20,8-21-2)7-17-11(19)18-10-6-4-3-5-9(10)13(14,15)16/h3-6,20H,7-8H2,1-2H3,(H2,17,18,19). The fourth-order valence-electron chi connectivity index (χ4n) is 1.64. The molecule has 118 valence electrons. The maximum absolute atomic E-state index is 12.8. The summed E-state index contributed by atoms with van der Waals surface area (Å²) in [4.78, 5) is 11.6. The van der Waals surface area contributed by atoms with Crippen LogP contribution in [0.4, 0.5) is 23.7 Å². The normalized spacial score (nSPS) is 14.4. The smallest absolute Gasteiger partial charge is 0.387 e. The van der Waals surface area contributed by atoms with Crippen LogP contribution in [0, 0.1) is 0 Å². The summed E-state index contributed by atoms with van der Waals surface area (Å²) in [5, 5.41) is 14.4. The van der Waals surface area contributed by atoms with Crippen molar-refractivity contribution in [2.75, 3.05) is 23.9 Å². The molecular formula is C13H17F3N2O2S. The summed E-state index contributed by atoms with van der Waals surface area (Å²) >= 11 is 1.40. The van der Waals surface area contributed by atoms with E-state index >= 15 is 0 Å². The highest BCUT2D eigenvalue weighted by atomic mass is 32.2. The van der Waals surface area contributed by atoms with Gasteiger partial charge in [0, 0.05) is 12.3 Å². The Bertz CT molecular complexity index is 493. The van der Waals surface area contributed by atoms with Gasteiger partial charge >= 0.3 is 12.2 Å². The second-order valence-corrected chi connectivity index (χ2v) is 5.65. The van der Waals surface area contributed by atoms with Gasteiger partial charge in [-0.3, -0.25) is 0 Å². The fraction of sp³-hybridized carbons (Fsp3) is 0.462. The second-order valence-electron chi connectivity index (χ2n) is 4.78. The quantitative estimate of drug-likeness (QED) is 0.781. The number of aliphatic hydroxyl groups is 1. The van der Waals surface area contributed by atoms with E-state index < -0.39 is 23.4 Å². The molecule has 0 aliphatic rings. The van der Waals surface area contributed by atoms with Crippen LogP contribution in [0.15, 0.2) is 24.3 Å². The number of benzene rings is 1. The van der Waals surface area contributed by atoms with Crippen LogP contribution >= 0.6 is 11.8 Å². The number of hydrogen-bond donors (Lipinski definition) is 3. The summed E-state index contributed by atoms with van der Waals surface area (Å²) in [7, 11) is 0. The van der Waals surface area contributed by atoms with E-state index in [1.807, 2.05) is 0 Å². The van der Waals surface area contributed by atoms with E-state index in [1.165, 1.54) is 36.9 Å². The molecule has 0 radical (unpaired) electrons. The van der Waals surface area contributed by atoms with Crippen LogP contribution in [-0.2, 0) is 6.18 Å². The first-order valence-electron chi connectivity index (χ1n) is 6.08. The highest BCUT2D eigenvalue weighted by molar-refractivity contribution is 7.98. The molecule has 0 aliphatic carbocycles. The summed E-state index contributed by atoms with van der Waals surface area (Å²) in [5.74, 6) is 0.395. The zero-order valence-corrected chi connectivity index (χ0v) is 12.4. The van der Waals surface area contributed by atoms with E-state index in [2.05, 4.69) is 10.6 Å². The second kappa shape index (κ2) is 7.04. The molecule has 0 saturated carbocycles. The molecule has 0 bridgehead atoms. The van der Waals surface area contributed by atoms with Gasteiger partial charge in [0.15, 0.2) is 0 Å². The lowest BCUT2D eigenvalue weighted by atomic mass is 10.1. The van der Waals surface area contributed by atoms with E-state index in [-0.39, 0.29) is 12.2 Å². The average molecular weight is 322 g/mol. The Labute approximate surface area is 125 Å². The maximum atomic E-state index is 12.8. The van der Waals surface area contributed by atoms with Gasteiger partial charge in [0.1, 0.15) is 0 Å². The average Bonchev–Trinajstić information content (AvgIpc) is 2.36. The van der Waals surface area contributed by atoms with Gasteiger partial charge in [-0.15, -0.1) is 0 Å². The Morgan fingerprint density at radius 3 is 2.52 bits per heavy atom. The molecule has 1 aromatic rings. The number of thioether (sulfide) groups is 1. The molecule has 0 aromatic heterocycles. The third-order valence-electron chi connectivity index (χ3n) is 2.57. The zero-order chi connectivity index (χ0) is 16.1. The van der Waals surface area contributed by atoms with Crippen molar-refractivity contribution in [1.82, 2.24) is 5.32 Å². The molecule has 1 rings (SSSR count). The number of alkyl halides is 3. The molecule has 3 N–H and O–H groups in total. The van der Waals surface area contributed by atoms with E-state index in [4.69, 9.17) is 0 Å². The molecule has 0 spiro atoms. The number of rotatable bonds is 5. The molecule has 1 aromatic carbocycles. The molecule has 2 amide bonds. The number of carbonyl (C=O) groups is 1. The van der Waals surface area contributed by atoms with Crippen molar-refractivity contribution in [1.29, 1.82) is 0 Å². The van der Waals surface area contributed by atoms with Gasteiger partial charge in [0.25, 0.3) is 0 Å². The lowest BCUT2D eigenvalue weighted by molar-refractivity contribution is -0.136. The number of carbonyl (C=O) groups excluding carboxylic acids is 1. The molecule has 0 heterocycles. The largest absolute Gasteiger partial charge is 0.418 e. The molecule has 0 saturated heterocycles. The van der Waals surface area contributed by atoms with Crippen molar-refractivity contribution in [2.24, 2.45) is 0 Å². The first kappa shape index (κ1) is 17.6. The Morgan fingerprint density at radius 2 is 1.95 bits per heavy atom.